The van der Waals surface area contributed by atoms with Crippen LogP contribution in [-0.2, 0) is 24.8 Å². The van der Waals surface area contributed by atoms with Crippen LogP contribution in [0.1, 0.15) is 19.3 Å². The zero-order valence-corrected chi connectivity index (χ0v) is 18.4. The summed E-state index contributed by atoms with van der Waals surface area (Å²) in [6, 6.07) is 1.91. The number of hydrogen-bond donors (Lipinski definition) is 5. The van der Waals surface area contributed by atoms with Gasteiger partial charge in [0.25, 0.3) is 5.91 Å². The van der Waals surface area contributed by atoms with E-state index in [9.17, 15) is 26.7 Å². The second kappa shape index (κ2) is 8.45. The smallest absolute Gasteiger partial charge is 0.255 e. The number of aromatic nitrogens is 4. The molecular weight excluding hydrogens is 464 g/mol. The number of aliphatic hydroxyl groups excluding tert-OH is 1. The summed E-state index contributed by atoms with van der Waals surface area (Å²) in [5.74, 6) is -0.927. The van der Waals surface area contributed by atoms with Gasteiger partial charge < -0.3 is 15.3 Å². The number of aromatic amines is 1. The Morgan fingerprint density at radius 1 is 1.22 bits per heavy atom. The molecule has 1 amide bonds. The maximum atomic E-state index is 13.1. The Balaban J connectivity index is 1.96. The molecule has 0 aliphatic carbocycles. The van der Waals surface area contributed by atoms with Crippen molar-refractivity contribution in [2.24, 2.45) is 5.14 Å². The van der Waals surface area contributed by atoms with Crippen molar-refractivity contribution in [3.05, 3.63) is 12.1 Å². The van der Waals surface area contributed by atoms with Gasteiger partial charge in [-0.2, -0.15) is 5.21 Å². The molecule has 4 rings (SSSR count). The van der Waals surface area contributed by atoms with E-state index in [0.717, 1.165) is 6.07 Å². The highest BCUT2D eigenvalue weighted by Crippen LogP contribution is 2.39. The molecule has 1 aromatic carbocycles. The number of carbonyl (C=O) groups excluding carboxylic acids is 1. The second-order valence-corrected chi connectivity index (χ2v) is 10.7. The second-order valence-electron chi connectivity index (χ2n) is 7.53. The van der Waals surface area contributed by atoms with Gasteiger partial charge in [-0.05, 0) is 43.2 Å². The number of rotatable bonds is 6. The third kappa shape index (κ3) is 4.24. The summed E-state index contributed by atoms with van der Waals surface area (Å²) in [7, 11) is -8.99. The van der Waals surface area contributed by atoms with Crippen molar-refractivity contribution in [3.63, 3.8) is 0 Å². The van der Waals surface area contributed by atoms with E-state index in [1.807, 2.05) is 0 Å². The Bertz CT molecular complexity index is 1230. The fourth-order valence-electron chi connectivity index (χ4n) is 3.89. The van der Waals surface area contributed by atoms with Crippen LogP contribution >= 0.6 is 0 Å². The summed E-state index contributed by atoms with van der Waals surface area (Å²) in [4.78, 5) is 12.4. The minimum absolute atomic E-state index is 0.000609. The number of H-pyrrole nitrogens is 1. The molecule has 2 saturated heterocycles. The van der Waals surface area contributed by atoms with Crippen molar-refractivity contribution in [2.45, 2.75) is 41.2 Å². The number of primary sulfonamides is 1. The summed E-state index contributed by atoms with van der Waals surface area (Å²) in [5, 5.41) is 31.7. The number of tetrazole rings is 1. The molecule has 2 aliphatic heterocycles. The van der Waals surface area contributed by atoms with Crippen molar-refractivity contribution in [1.29, 1.82) is 0 Å². The third-order valence-electron chi connectivity index (χ3n) is 5.33. The zero-order valence-electron chi connectivity index (χ0n) is 16.7. The fraction of sp³-hybridized carbons (Fsp3) is 0.500. The van der Waals surface area contributed by atoms with Crippen LogP contribution in [0.25, 0.3) is 11.4 Å². The quantitative estimate of drug-likeness (QED) is 0.293. The Labute approximate surface area is 183 Å². The lowest BCUT2D eigenvalue weighted by Crippen LogP contribution is -2.44. The molecule has 2 atom stereocenters. The lowest BCUT2D eigenvalue weighted by atomic mass is 10.0. The molecule has 1 unspecified atom stereocenters. The van der Waals surface area contributed by atoms with E-state index in [2.05, 4.69) is 30.7 Å². The zero-order chi connectivity index (χ0) is 23.1. The molecule has 14 nitrogen and oxygen atoms in total. The first-order valence-electron chi connectivity index (χ1n) is 9.75. The molecular formula is C16H22N8O6S2. The molecule has 32 heavy (non-hydrogen) atoms. The highest BCUT2D eigenvalue weighted by molar-refractivity contribution is 7.92. The molecule has 0 saturated carbocycles. The normalized spacial score (nSPS) is 22.4. The molecule has 2 aliphatic rings. The third-order valence-corrected chi connectivity index (χ3v) is 8.01. The van der Waals surface area contributed by atoms with Gasteiger partial charge in [-0.1, -0.05) is 0 Å². The van der Waals surface area contributed by atoms with Gasteiger partial charge in [0.05, 0.1) is 11.3 Å². The van der Waals surface area contributed by atoms with Crippen LogP contribution in [-0.4, -0.2) is 80.3 Å². The maximum Gasteiger partial charge on any atom is 0.255 e. The molecule has 0 bridgehead atoms. The summed E-state index contributed by atoms with van der Waals surface area (Å²) in [6.45, 7) is 1.17. The first-order valence-corrected chi connectivity index (χ1v) is 12.8. The van der Waals surface area contributed by atoms with Gasteiger partial charge >= 0.3 is 0 Å². The number of sulfonamides is 2. The average molecular weight is 487 g/mol. The van der Waals surface area contributed by atoms with E-state index in [4.69, 9.17) is 5.14 Å². The van der Waals surface area contributed by atoms with E-state index < -0.39 is 47.9 Å². The fourth-order valence-corrected chi connectivity index (χ4v) is 6.76. The lowest BCUT2D eigenvalue weighted by Gasteiger charge is -2.31. The predicted octanol–water partition coefficient (Wildman–Crippen LogP) is -2.36. The van der Waals surface area contributed by atoms with Crippen LogP contribution < -0.4 is 20.1 Å². The number of piperidine rings is 1. The van der Waals surface area contributed by atoms with Crippen LogP contribution in [0.2, 0.25) is 0 Å². The largest absolute Gasteiger partial charge is 0.383 e. The van der Waals surface area contributed by atoms with Gasteiger partial charge in [-0.3, -0.25) is 4.79 Å². The van der Waals surface area contributed by atoms with Gasteiger partial charge in [0.2, 0.25) is 25.9 Å². The number of anilines is 1. The number of hydrogen-bond acceptors (Lipinski definition) is 10. The van der Waals surface area contributed by atoms with Crippen molar-refractivity contribution in [1.82, 2.24) is 30.7 Å². The van der Waals surface area contributed by atoms with Crippen LogP contribution in [0.4, 0.5) is 5.69 Å². The van der Waals surface area contributed by atoms with E-state index in [1.165, 1.54) is 11.0 Å². The highest BCUT2D eigenvalue weighted by atomic mass is 32.2. The van der Waals surface area contributed by atoms with Crippen LogP contribution in [0, 0.1) is 0 Å². The molecule has 1 aromatic heterocycles. The number of benzene rings is 1. The molecule has 16 heteroatoms. The Morgan fingerprint density at radius 2 is 2.00 bits per heavy atom. The van der Waals surface area contributed by atoms with E-state index in [1.54, 1.807) is 0 Å². The summed E-state index contributed by atoms with van der Waals surface area (Å²) >= 11 is 0. The van der Waals surface area contributed by atoms with Crippen molar-refractivity contribution < 1.29 is 26.7 Å². The highest BCUT2D eigenvalue weighted by Gasteiger charge is 2.37. The van der Waals surface area contributed by atoms with Gasteiger partial charge in [0.15, 0.2) is 0 Å². The molecule has 2 aromatic rings. The molecule has 6 N–H and O–H groups in total. The standard InChI is InChI=1S/C16H22N8O6S2/c17-31(27,28)14-12(32(29,30)21-9-5-6-18-8-9)4-3-10(13(14)15-19-22-23-20-15)24-7-1-2-11(25)16(24)26/h3-4,9,11,18,21,25H,1-2,5-8H2,(H2,17,27,28)(H,19,20,22,23)/t9-,11?/m1/s1. The topological polar surface area (TPSA) is 213 Å². The molecule has 174 valence electrons. The first kappa shape index (κ1) is 22.7. The minimum Gasteiger partial charge on any atom is -0.383 e. The minimum atomic E-state index is -4.66. The Morgan fingerprint density at radius 3 is 2.62 bits per heavy atom. The summed E-state index contributed by atoms with van der Waals surface area (Å²) in [6.07, 6.45) is -0.0556. The average Bonchev–Trinajstić information content (AvgIpc) is 3.42. The predicted molar refractivity (Wildman–Crippen MR) is 110 cm³/mol. The first-order chi connectivity index (χ1) is 15.1. The van der Waals surface area contributed by atoms with Crippen LogP contribution in [0.3, 0.4) is 0 Å². The Kier molecular flexibility index (Phi) is 5.99. The van der Waals surface area contributed by atoms with Crippen molar-refractivity contribution in [2.75, 3.05) is 24.5 Å². The number of nitrogens with two attached hydrogens (primary N) is 1. The lowest BCUT2D eigenvalue weighted by molar-refractivity contribution is -0.128. The molecule has 0 spiro atoms. The summed E-state index contributed by atoms with van der Waals surface area (Å²) in [5.41, 5.74) is -0.295. The van der Waals surface area contributed by atoms with E-state index in [-0.39, 0.29) is 30.0 Å². The number of amides is 1. The molecule has 3 heterocycles. The van der Waals surface area contributed by atoms with Crippen LogP contribution in [0.5, 0.6) is 0 Å². The number of aliphatic hydroxyl groups is 1. The monoisotopic (exact) mass is 486 g/mol. The van der Waals surface area contributed by atoms with E-state index in [0.29, 0.717) is 25.9 Å². The number of nitrogens with one attached hydrogen (secondary N) is 3. The SMILES string of the molecule is NS(=O)(=O)c1c(S(=O)(=O)N[C@@H]2CCNC2)ccc(N2CCCC(O)C2=O)c1-c1nn[nH]n1. The van der Waals surface area contributed by atoms with E-state index >= 15 is 0 Å². The van der Waals surface area contributed by atoms with Crippen molar-refractivity contribution in [3.8, 4) is 11.4 Å². The van der Waals surface area contributed by atoms with Gasteiger partial charge in [0.1, 0.15) is 15.9 Å². The van der Waals surface area contributed by atoms with Gasteiger partial charge in [-0.15, -0.1) is 10.2 Å². The van der Waals surface area contributed by atoms with Crippen LogP contribution in [0.15, 0.2) is 21.9 Å². The van der Waals surface area contributed by atoms with Crippen molar-refractivity contribution >= 4 is 31.6 Å². The summed E-state index contributed by atoms with van der Waals surface area (Å²) < 4.78 is 54.1. The number of carbonyl (C=O) groups is 1. The molecule has 2 fully saturated rings. The number of nitrogens with zero attached hydrogens (tertiary/aromatic N) is 4. The van der Waals surface area contributed by atoms with Gasteiger partial charge in [0, 0.05) is 19.1 Å². The Hall–Kier alpha value is -2.50. The van der Waals surface area contributed by atoms with Gasteiger partial charge in [-0.25, -0.2) is 26.7 Å². The maximum absolute atomic E-state index is 13.1. The molecule has 0 radical (unpaired) electrons.